The van der Waals surface area contributed by atoms with Gasteiger partial charge in [0, 0.05) is 19.2 Å². The van der Waals surface area contributed by atoms with E-state index >= 15 is 0 Å². The summed E-state index contributed by atoms with van der Waals surface area (Å²) >= 11 is 0. The highest BCUT2D eigenvalue weighted by molar-refractivity contribution is 5.79. The van der Waals surface area contributed by atoms with Crippen molar-refractivity contribution >= 4 is 11.0 Å². The van der Waals surface area contributed by atoms with Crippen LogP contribution in [0, 0.1) is 0 Å². The van der Waals surface area contributed by atoms with E-state index in [9.17, 15) is 0 Å². The molecular formula is C8H8N2O2. The van der Waals surface area contributed by atoms with Crippen LogP contribution in [0.25, 0.3) is 11.0 Å². The number of aromatic nitrogens is 2. The molecule has 4 nitrogen and oxygen atoms in total. The van der Waals surface area contributed by atoms with Crippen molar-refractivity contribution in [3.8, 4) is 11.5 Å². The molecule has 0 aliphatic carbocycles. The number of aryl methyl sites for hydroxylation is 1. The molecule has 1 aromatic carbocycles. The van der Waals surface area contributed by atoms with Crippen molar-refractivity contribution < 1.29 is 10.2 Å². The first-order valence-electron chi connectivity index (χ1n) is 3.51. The summed E-state index contributed by atoms with van der Waals surface area (Å²) in [7, 11) is 1.83. The largest absolute Gasteiger partial charge is 0.504 e. The topological polar surface area (TPSA) is 58.3 Å². The number of phenolic OH excluding ortho intramolecular Hbond substituents is 2. The third-order valence-electron chi connectivity index (χ3n) is 1.82. The SMILES string of the molecule is Cn1cnc2cc(O)c(O)cc21. The van der Waals surface area contributed by atoms with Gasteiger partial charge in [-0.3, -0.25) is 0 Å². The molecule has 0 unspecified atom stereocenters. The van der Waals surface area contributed by atoms with Gasteiger partial charge in [-0.25, -0.2) is 4.98 Å². The first-order valence-corrected chi connectivity index (χ1v) is 3.51. The minimum Gasteiger partial charge on any atom is -0.504 e. The highest BCUT2D eigenvalue weighted by Gasteiger charge is 2.04. The van der Waals surface area contributed by atoms with Crippen molar-refractivity contribution in [2.75, 3.05) is 0 Å². The monoisotopic (exact) mass is 164 g/mol. The molecule has 0 atom stereocenters. The van der Waals surface area contributed by atoms with Gasteiger partial charge < -0.3 is 14.8 Å². The molecule has 12 heavy (non-hydrogen) atoms. The van der Waals surface area contributed by atoms with Crippen molar-refractivity contribution in [1.29, 1.82) is 0 Å². The zero-order valence-electron chi connectivity index (χ0n) is 6.52. The minimum atomic E-state index is -0.138. The van der Waals surface area contributed by atoms with Crippen LogP contribution >= 0.6 is 0 Å². The molecule has 0 saturated heterocycles. The van der Waals surface area contributed by atoms with Crippen LogP contribution in [0.1, 0.15) is 0 Å². The Morgan fingerprint density at radius 1 is 1.25 bits per heavy atom. The molecule has 0 amide bonds. The fourth-order valence-corrected chi connectivity index (χ4v) is 1.15. The molecule has 1 heterocycles. The summed E-state index contributed by atoms with van der Waals surface area (Å²) in [6.07, 6.45) is 1.63. The molecule has 0 aliphatic heterocycles. The maximum Gasteiger partial charge on any atom is 0.159 e. The lowest BCUT2D eigenvalue weighted by molar-refractivity contribution is 0.404. The summed E-state index contributed by atoms with van der Waals surface area (Å²) in [5.74, 6) is -0.257. The van der Waals surface area contributed by atoms with Gasteiger partial charge in [0.05, 0.1) is 17.4 Å². The van der Waals surface area contributed by atoms with Gasteiger partial charge in [0.1, 0.15) is 0 Å². The molecular weight excluding hydrogens is 156 g/mol. The molecule has 0 aliphatic rings. The van der Waals surface area contributed by atoms with Gasteiger partial charge >= 0.3 is 0 Å². The highest BCUT2D eigenvalue weighted by Crippen LogP contribution is 2.28. The van der Waals surface area contributed by atoms with Crippen molar-refractivity contribution in [2.45, 2.75) is 0 Å². The predicted molar refractivity (Wildman–Crippen MR) is 44.0 cm³/mol. The van der Waals surface area contributed by atoms with Crippen LogP contribution in [-0.2, 0) is 7.05 Å². The Bertz CT molecular complexity index is 434. The Morgan fingerprint density at radius 3 is 2.67 bits per heavy atom. The maximum atomic E-state index is 9.17. The average Bonchev–Trinajstić information content (AvgIpc) is 2.35. The highest BCUT2D eigenvalue weighted by atomic mass is 16.3. The minimum absolute atomic E-state index is 0.119. The Balaban J connectivity index is 2.87. The van der Waals surface area contributed by atoms with E-state index in [0.717, 1.165) is 5.52 Å². The summed E-state index contributed by atoms with van der Waals surface area (Å²) in [5, 5.41) is 18.3. The van der Waals surface area contributed by atoms with Crippen LogP contribution in [0.15, 0.2) is 18.5 Å². The van der Waals surface area contributed by atoms with Gasteiger partial charge in [-0.05, 0) is 0 Å². The first kappa shape index (κ1) is 6.97. The summed E-state index contributed by atoms with van der Waals surface area (Å²) < 4.78 is 1.77. The van der Waals surface area contributed by atoms with E-state index in [1.165, 1.54) is 12.1 Å². The lowest BCUT2D eigenvalue weighted by atomic mass is 10.3. The van der Waals surface area contributed by atoms with Gasteiger partial charge in [0.15, 0.2) is 11.5 Å². The van der Waals surface area contributed by atoms with E-state index in [-0.39, 0.29) is 11.5 Å². The molecule has 62 valence electrons. The second kappa shape index (κ2) is 2.14. The van der Waals surface area contributed by atoms with Crippen LogP contribution in [0.4, 0.5) is 0 Å². The number of aromatic hydroxyl groups is 2. The van der Waals surface area contributed by atoms with E-state index < -0.39 is 0 Å². The summed E-state index contributed by atoms with van der Waals surface area (Å²) in [6.45, 7) is 0. The second-order valence-corrected chi connectivity index (χ2v) is 2.69. The third-order valence-corrected chi connectivity index (χ3v) is 1.82. The number of benzene rings is 1. The van der Waals surface area contributed by atoms with E-state index in [1.54, 1.807) is 10.9 Å². The number of imidazole rings is 1. The molecule has 2 aromatic rings. The quantitative estimate of drug-likeness (QED) is 0.571. The Morgan fingerprint density at radius 2 is 1.92 bits per heavy atom. The molecule has 0 bridgehead atoms. The molecule has 0 spiro atoms. The molecule has 2 N–H and O–H groups in total. The van der Waals surface area contributed by atoms with E-state index in [2.05, 4.69) is 4.98 Å². The second-order valence-electron chi connectivity index (χ2n) is 2.69. The van der Waals surface area contributed by atoms with Crippen LogP contribution < -0.4 is 0 Å². The van der Waals surface area contributed by atoms with Crippen LogP contribution in [0.2, 0.25) is 0 Å². The predicted octanol–water partition coefficient (Wildman–Crippen LogP) is 0.984. The van der Waals surface area contributed by atoms with Crippen LogP contribution in [-0.4, -0.2) is 19.8 Å². The van der Waals surface area contributed by atoms with Crippen molar-refractivity contribution in [3.63, 3.8) is 0 Å². The van der Waals surface area contributed by atoms with Gasteiger partial charge in [-0.2, -0.15) is 0 Å². The van der Waals surface area contributed by atoms with Gasteiger partial charge in [0.2, 0.25) is 0 Å². The average molecular weight is 164 g/mol. The molecule has 4 heteroatoms. The molecule has 2 rings (SSSR count). The molecule has 0 radical (unpaired) electrons. The fraction of sp³-hybridized carbons (Fsp3) is 0.125. The third kappa shape index (κ3) is 0.812. The van der Waals surface area contributed by atoms with E-state index in [4.69, 9.17) is 10.2 Å². The van der Waals surface area contributed by atoms with Crippen molar-refractivity contribution in [2.24, 2.45) is 7.05 Å². The molecule has 0 saturated carbocycles. The number of hydrogen-bond donors (Lipinski definition) is 2. The maximum absolute atomic E-state index is 9.17. The number of rotatable bonds is 0. The fourth-order valence-electron chi connectivity index (χ4n) is 1.15. The Kier molecular flexibility index (Phi) is 1.24. The number of nitrogens with zero attached hydrogens (tertiary/aromatic N) is 2. The zero-order chi connectivity index (χ0) is 8.72. The summed E-state index contributed by atoms with van der Waals surface area (Å²) in [5.41, 5.74) is 1.47. The summed E-state index contributed by atoms with van der Waals surface area (Å²) in [4.78, 5) is 4.01. The van der Waals surface area contributed by atoms with Crippen molar-refractivity contribution in [1.82, 2.24) is 9.55 Å². The van der Waals surface area contributed by atoms with E-state index in [1.807, 2.05) is 7.05 Å². The number of phenols is 2. The Hall–Kier alpha value is -1.71. The van der Waals surface area contributed by atoms with Crippen LogP contribution in [0.3, 0.4) is 0 Å². The first-order chi connectivity index (χ1) is 5.68. The Labute approximate surface area is 68.7 Å². The van der Waals surface area contributed by atoms with Gasteiger partial charge in [0.25, 0.3) is 0 Å². The standard InChI is InChI=1S/C8H8N2O2/c1-10-4-9-5-2-7(11)8(12)3-6(5)10/h2-4,11-12H,1H3. The zero-order valence-corrected chi connectivity index (χ0v) is 6.52. The lowest BCUT2D eigenvalue weighted by Gasteiger charge is -1.97. The molecule has 1 aromatic heterocycles. The smallest absolute Gasteiger partial charge is 0.159 e. The lowest BCUT2D eigenvalue weighted by Crippen LogP contribution is -1.82. The molecule has 0 fully saturated rings. The van der Waals surface area contributed by atoms with Crippen LogP contribution in [0.5, 0.6) is 11.5 Å². The van der Waals surface area contributed by atoms with Gasteiger partial charge in [-0.1, -0.05) is 0 Å². The number of fused-ring (bicyclic) bond motifs is 1. The van der Waals surface area contributed by atoms with Crippen molar-refractivity contribution in [3.05, 3.63) is 18.5 Å². The number of hydrogen-bond acceptors (Lipinski definition) is 3. The van der Waals surface area contributed by atoms with E-state index in [0.29, 0.717) is 5.52 Å². The normalized spacial score (nSPS) is 10.8. The summed E-state index contributed by atoms with van der Waals surface area (Å²) in [6, 6.07) is 2.92. The van der Waals surface area contributed by atoms with Gasteiger partial charge in [-0.15, -0.1) is 0 Å².